The van der Waals surface area contributed by atoms with E-state index < -0.39 is 0 Å². The van der Waals surface area contributed by atoms with Gasteiger partial charge in [0.2, 0.25) is 0 Å². The van der Waals surface area contributed by atoms with Gasteiger partial charge < -0.3 is 14.5 Å². The molecule has 0 bridgehead atoms. The molecule has 0 saturated heterocycles. The number of furan rings is 1. The molecule has 20 heavy (non-hydrogen) atoms. The van der Waals surface area contributed by atoms with E-state index >= 15 is 0 Å². The predicted octanol–water partition coefficient (Wildman–Crippen LogP) is 2.27. The van der Waals surface area contributed by atoms with Crippen LogP contribution >= 0.6 is 0 Å². The van der Waals surface area contributed by atoms with Gasteiger partial charge in [0, 0.05) is 18.2 Å². The Morgan fingerprint density at radius 3 is 2.65 bits per heavy atom. The Balaban J connectivity index is 2.25. The summed E-state index contributed by atoms with van der Waals surface area (Å²) in [6.07, 6.45) is 1.32. The van der Waals surface area contributed by atoms with Gasteiger partial charge in [0.05, 0.1) is 6.54 Å². The van der Waals surface area contributed by atoms with Crippen molar-refractivity contribution in [3.63, 3.8) is 0 Å². The minimum absolute atomic E-state index is 0.0342. The first-order valence-corrected chi connectivity index (χ1v) is 6.53. The molecule has 0 aliphatic rings. The van der Waals surface area contributed by atoms with Gasteiger partial charge in [0.1, 0.15) is 11.5 Å². The van der Waals surface area contributed by atoms with Crippen molar-refractivity contribution in [3.05, 3.63) is 59.0 Å². The van der Waals surface area contributed by atoms with Crippen LogP contribution in [0.1, 0.15) is 35.9 Å². The lowest BCUT2D eigenvalue weighted by Crippen LogP contribution is -2.43. The molecule has 2 aromatic rings. The van der Waals surface area contributed by atoms with E-state index in [2.05, 4.69) is 0 Å². The summed E-state index contributed by atoms with van der Waals surface area (Å²) >= 11 is 0. The van der Waals surface area contributed by atoms with Gasteiger partial charge in [0.25, 0.3) is 5.69 Å². The van der Waals surface area contributed by atoms with E-state index in [-0.39, 0.29) is 17.6 Å². The van der Waals surface area contributed by atoms with Gasteiger partial charge >= 0.3 is 5.91 Å². The maximum atomic E-state index is 12.5. The maximum Gasteiger partial charge on any atom is 0.320 e. The molecule has 0 fully saturated rings. The Bertz CT molecular complexity index is 605. The first-order chi connectivity index (χ1) is 9.49. The standard InChI is InChI=1S/C15H18N2O3/c1-11(2)16(10-13-8-7-12(3)20-13)15(18)14-6-4-5-9-17(14)19/h4-9,11H,10H2,1-3H3. The quantitative estimate of drug-likeness (QED) is 0.634. The van der Waals surface area contributed by atoms with Crippen LogP contribution in [0.5, 0.6) is 0 Å². The third kappa shape index (κ3) is 2.99. The fraction of sp³-hybridized carbons (Fsp3) is 0.333. The zero-order valence-corrected chi connectivity index (χ0v) is 11.9. The number of hydrogen-bond acceptors (Lipinski definition) is 3. The normalized spacial score (nSPS) is 10.8. The van der Waals surface area contributed by atoms with Crippen molar-refractivity contribution in [3.8, 4) is 0 Å². The first-order valence-electron chi connectivity index (χ1n) is 6.53. The summed E-state index contributed by atoms with van der Waals surface area (Å²) in [5.74, 6) is 1.21. The SMILES string of the molecule is Cc1ccc(CN(C(=O)c2cccc[n+]2[O-])C(C)C)o1. The highest BCUT2D eigenvalue weighted by molar-refractivity contribution is 5.91. The zero-order chi connectivity index (χ0) is 14.7. The maximum absolute atomic E-state index is 12.5. The predicted molar refractivity (Wildman–Crippen MR) is 73.9 cm³/mol. The topological polar surface area (TPSA) is 60.4 Å². The summed E-state index contributed by atoms with van der Waals surface area (Å²) < 4.78 is 6.09. The molecular formula is C15H18N2O3. The molecule has 2 heterocycles. The van der Waals surface area contributed by atoms with Crippen LogP contribution in [0.3, 0.4) is 0 Å². The lowest BCUT2D eigenvalue weighted by atomic mass is 10.2. The summed E-state index contributed by atoms with van der Waals surface area (Å²) in [5.41, 5.74) is 0.115. The minimum atomic E-state index is -0.301. The number of carbonyl (C=O) groups is 1. The number of carbonyl (C=O) groups excluding carboxylic acids is 1. The van der Waals surface area contributed by atoms with Gasteiger partial charge in [0.15, 0.2) is 6.20 Å². The lowest BCUT2D eigenvalue weighted by molar-refractivity contribution is -0.608. The molecule has 0 aliphatic carbocycles. The van der Waals surface area contributed by atoms with Crippen molar-refractivity contribution in [2.45, 2.75) is 33.4 Å². The highest BCUT2D eigenvalue weighted by Gasteiger charge is 2.25. The van der Waals surface area contributed by atoms with E-state index in [4.69, 9.17) is 4.42 Å². The van der Waals surface area contributed by atoms with Gasteiger partial charge in [-0.2, -0.15) is 4.73 Å². The second kappa shape index (κ2) is 5.77. The summed E-state index contributed by atoms with van der Waals surface area (Å²) in [6.45, 7) is 6.02. The monoisotopic (exact) mass is 274 g/mol. The van der Waals surface area contributed by atoms with Crippen LogP contribution in [-0.2, 0) is 6.54 Å². The molecule has 0 saturated carbocycles. The molecule has 5 heteroatoms. The molecule has 0 atom stereocenters. The lowest BCUT2D eigenvalue weighted by Gasteiger charge is -2.24. The smallest absolute Gasteiger partial charge is 0.320 e. The summed E-state index contributed by atoms with van der Waals surface area (Å²) in [6, 6.07) is 8.46. The molecule has 0 spiro atoms. The van der Waals surface area contributed by atoms with Gasteiger partial charge in [-0.1, -0.05) is 0 Å². The van der Waals surface area contributed by atoms with E-state index in [1.165, 1.54) is 12.3 Å². The molecule has 0 aromatic carbocycles. The number of rotatable bonds is 4. The number of amides is 1. The molecule has 1 amide bonds. The Morgan fingerprint density at radius 1 is 1.35 bits per heavy atom. The van der Waals surface area contributed by atoms with Crippen LogP contribution in [0.15, 0.2) is 40.9 Å². The third-order valence-electron chi connectivity index (χ3n) is 3.05. The van der Waals surface area contributed by atoms with Crippen molar-refractivity contribution in [1.29, 1.82) is 0 Å². The molecule has 5 nitrogen and oxygen atoms in total. The molecule has 2 aromatic heterocycles. The number of pyridine rings is 1. The van der Waals surface area contributed by atoms with E-state index in [1.807, 2.05) is 32.9 Å². The summed E-state index contributed by atoms with van der Waals surface area (Å²) in [7, 11) is 0. The average Bonchev–Trinajstić information content (AvgIpc) is 2.81. The highest BCUT2D eigenvalue weighted by Crippen LogP contribution is 2.14. The van der Waals surface area contributed by atoms with Crippen LogP contribution in [0.2, 0.25) is 0 Å². The molecule has 106 valence electrons. The zero-order valence-electron chi connectivity index (χ0n) is 11.9. The van der Waals surface area contributed by atoms with Crippen molar-refractivity contribution >= 4 is 5.91 Å². The number of hydrogen-bond donors (Lipinski definition) is 0. The number of nitrogens with zero attached hydrogens (tertiary/aromatic N) is 2. The second-order valence-corrected chi connectivity index (χ2v) is 4.95. The summed E-state index contributed by atoms with van der Waals surface area (Å²) in [5, 5.41) is 11.7. The van der Waals surface area contributed by atoms with Gasteiger partial charge in [-0.05, 0) is 39.0 Å². The Morgan fingerprint density at radius 2 is 2.10 bits per heavy atom. The van der Waals surface area contributed by atoms with Crippen LogP contribution < -0.4 is 4.73 Å². The van der Waals surface area contributed by atoms with Crippen molar-refractivity contribution in [2.24, 2.45) is 0 Å². The molecule has 2 rings (SSSR count). The minimum Gasteiger partial charge on any atom is -0.618 e. The van der Waals surface area contributed by atoms with Crippen molar-refractivity contribution < 1.29 is 13.9 Å². The summed E-state index contributed by atoms with van der Waals surface area (Å²) in [4.78, 5) is 14.1. The van der Waals surface area contributed by atoms with Crippen molar-refractivity contribution in [2.75, 3.05) is 0 Å². The Labute approximate surface area is 118 Å². The van der Waals surface area contributed by atoms with Crippen LogP contribution in [-0.4, -0.2) is 16.8 Å². The highest BCUT2D eigenvalue weighted by atomic mass is 16.5. The fourth-order valence-electron chi connectivity index (χ4n) is 1.97. The fourth-order valence-corrected chi connectivity index (χ4v) is 1.97. The van der Waals surface area contributed by atoms with Crippen molar-refractivity contribution in [1.82, 2.24) is 4.90 Å². The number of aryl methyl sites for hydroxylation is 1. The van der Waals surface area contributed by atoms with E-state index in [0.29, 0.717) is 17.0 Å². The number of aromatic nitrogens is 1. The molecule has 0 unspecified atom stereocenters. The van der Waals surface area contributed by atoms with E-state index in [1.54, 1.807) is 17.0 Å². The average molecular weight is 274 g/mol. The Kier molecular flexibility index (Phi) is 4.08. The van der Waals surface area contributed by atoms with Crippen LogP contribution in [0.4, 0.5) is 0 Å². The molecule has 0 radical (unpaired) electrons. The van der Waals surface area contributed by atoms with Crippen LogP contribution in [0.25, 0.3) is 0 Å². The second-order valence-electron chi connectivity index (χ2n) is 4.95. The molecule has 0 aliphatic heterocycles. The van der Waals surface area contributed by atoms with Crippen LogP contribution in [0, 0.1) is 12.1 Å². The van der Waals surface area contributed by atoms with Gasteiger partial charge in [-0.15, -0.1) is 0 Å². The first kappa shape index (κ1) is 14.1. The largest absolute Gasteiger partial charge is 0.618 e. The van der Waals surface area contributed by atoms with E-state index in [9.17, 15) is 10.0 Å². The van der Waals surface area contributed by atoms with Gasteiger partial charge in [-0.25, -0.2) is 0 Å². The van der Waals surface area contributed by atoms with E-state index in [0.717, 1.165) is 5.76 Å². The van der Waals surface area contributed by atoms with Gasteiger partial charge in [-0.3, -0.25) is 4.79 Å². The molecule has 0 N–H and O–H groups in total. The Hall–Kier alpha value is -2.30. The third-order valence-corrected chi connectivity index (χ3v) is 3.05. The molecular weight excluding hydrogens is 256 g/mol.